The molecule has 0 bridgehead atoms. The lowest BCUT2D eigenvalue weighted by Crippen LogP contribution is -2.33. The molecule has 1 aliphatic rings. The minimum atomic E-state index is -0.0153. The molecular formula is C15H19N3O. The lowest BCUT2D eigenvalue weighted by atomic mass is 9.92. The van der Waals surface area contributed by atoms with E-state index in [1.807, 2.05) is 12.1 Å². The number of hydrogen-bond acceptors (Lipinski definition) is 3. The van der Waals surface area contributed by atoms with E-state index in [2.05, 4.69) is 21.8 Å². The molecule has 0 unspecified atom stereocenters. The maximum Gasteiger partial charge on any atom is 0.257 e. The third kappa shape index (κ3) is 2.40. The number of hydrogen-bond donors (Lipinski definition) is 1. The van der Waals surface area contributed by atoms with Crippen LogP contribution >= 0.6 is 0 Å². The fraction of sp³-hybridized carbons (Fsp3) is 0.467. The van der Waals surface area contributed by atoms with Gasteiger partial charge in [0.05, 0.1) is 10.9 Å². The topological polar surface area (TPSA) is 49.0 Å². The third-order valence-corrected chi connectivity index (χ3v) is 4.11. The lowest BCUT2D eigenvalue weighted by Gasteiger charge is -2.30. The second-order valence-electron chi connectivity index (χ2n) is 5.20. The number of aromatic nitrogens is 2. The summed E-state index contributed by atoms with van der Waals surface area (Å²) >= 11 is 0. The first-order valence-electron chi connectivity index (χ1n) is 6.98. The van der Waals surface area contributed by atoms with E-state index in [1.165, 1.54) is 0 Å². The van der Waals surface area contributed by atoms with E-state index in [1.54, 1.807) is 12.3 Å². The second-order valence-corrected chi connectivity index (χ2v) is 5.20. The van der Waals surface area contributed by atoms with E-state index in [9.17, 15) is 4.79 Å². The Balaban J connectivity index is 1.92. The SMILES string of the molecule is CCN1CCC(c2cc3ncccc3c(=O)[nH]2)CC1. The molecule has 1 fully saturated rings. The van der Waals surface area contributed by atoms with Crippen molar-refractivity contribution in [1.29, 1.82) is 0 Å². The van der Waals surface area contributed by atoms with Crippen LogP contribution in [-0.2, 0) is 0 Å². The summed E-state index contributed by atoms with van der Waals surface area (Å²) < 4.78 is 0. The van der Waals surface area contributed by atoms with Crippen molar-refractivity contribution in [3.8, 4) is 0 Å². The van der Waals surface area contributed by atoms with Gasteiger partial charge in [-0.3, -0.25) is 9.78 Å². The Kier molecular flexibility index (Phi) is 3.34. The highest BCUT2D eigenvalue weighted by Gasteiger charge is 2.20. The molecule has 4 nitrogen and oxygen atoms in total. The maximum absolute atomic E-state index is 12.1. The van der Waals surface area contributed by atoms with Gasteiger partial charge < -0.3 is 9.88 Å². The molecule has 0 amide bonds. The van der Waals surface area contributed by atoms with E-state index >= 15 is 0 Å². The van der Waals surface area contributed by atoms with Gasteiger partial charge in [0, 0.05) is 17.8 Å². The Morgan fingerprint density at radius 3 is 2.95 bits per heavy atom. The van der Waals surface area contributed by atoms with Gasteiger partial charge in [0.25, 0.3) is 5.56 Å². The minimum absolute atomic E-state index is 0.0153. The summed E-state index contributed by atoms with van der Waals surface area (Å²) in [7, 11) is 0. The zero-order chi connectivity index (χ0) is 13.2. The van der Waals surface area contributed by atoms with Crippen LogP contribution in [0.4, 0.5) is 0 Å². The standard InChI is InChI=1S/C15H19N3O/c1-2-18-8-5-11(6-9-18)13-10-14-12(15(19)17-13)4-3-7-16-14/h3-4,7,10-11H,2,5-6,8-9H2,1H3,(H,17,19). The summed E-state index contributed by atoms with van der Waals surface area (Å²) in [5, 5.41) is 0.678. The Hall–Kier alpha value is -1.68. The van der Waals surface area contributed by atoms with Gasteiger partial charge in [0.15, 0.2) is 0 Å². The van der Waals surface area contributed by atoms with E-state index in [-0.39, 0.29) is 5.56 Å². The predicted molar refractivity (Wildman–Crippen MR) is 76.5 cm³/mol. The molecule has 19 heavy (non-hydrogen) atoms. The highest BCUT2D eigenvalue weighted by atomic mass is 16.1. The number of pyridine rings is 2. The van der Waals surface area contributed by atoms with Crippen LogP contribution in [-0.4, -0.2) is 34.5 Å². The Bertz CT molecular complexity index is 627. The number of nitrogens with zero attached hydrogens (tertiary/aromatic N) is 2. The summed E-state index contributed by atoms with van der Waals surface area (Å²) in [6.07, 6.45) is 3.97. The van der Waals surface area contributed by atoms with Crippen LogP contribution in [0.1, 0.15) is 31.4 Å². The van der Waals surface area contributed by atoms with Crippen molar-refractivity contribution < 1.29 is 0 Å². The van der Waals surface area contributed by atoms with Crippen molar-refractivity contribution in [3.63, 3.8) is 0 Å². The number of rotatable bonds is 2. The fourth-order valence-electron chi connectivity index (χ4n) is 2.89. The van der Waals surface area contributed by atoms with E-state index in [0.29, 0.717) is 11.3 Å². The first kappa shape index (κ1) is 12.4. The molecule has 1 saturated heterocycles. The summed E-state index contributed by atoms with van der Waals surface area (Å²) in [4.78, 5) is 21.8. The number of aromatic amines is 1. The van der Waals surface area contributed by atoms with E-state index < -0.39 is 0 Å². The molecule has 2 aromatic heterocycles. The van der Waals surface area contributed by atoms with Gasteiger partial charge in [-0.1, -0.05) is 6.92 Å². The monoisotopic (exact) mass is 257 g/mol. The van der Waals surface area contributed by atoms with Gasteiger partial charge in [-0.05, 0) is 50.7 Å². The molecule has 1 N–H and O–H groups in total. The normalized spacial score (nSPS) is 17.9. The largest absolute Gasteiger partial charge is 0.325 e. The first-order valence-corrected chi connectivity index (χ1v) is 6.98. The highest BCUT2D eigenvalue weighted by molar-refractivity contribution is 5.77. The van der Waals surface area contributed by atoms with Crippen LogP contribution in [0.5, 0.6) is 0 Å². The second kappa shape index (κ2) is 5.13. The van der Waals surface area contributed by atoms with Gasteiger partial charge >= 0.3 is 0 Å². The predicted octanol–water partition coefficient (Wildman–Crippen LogP) is 2.12. The molecular weight excluding hydrogens is 238 g/mol. The van der Waals surface area contributed by atoms with Gasteiger partial charge in [-0.15, -0.1) is 0 Å². The van der Waals surface area contributed by atoms with Crippen molar-refractivity contribution in [3.05, 3.63) is 40.4 Å². The van der Waals surface area contributed by atoms with Gasteiger partial charge in [-0.25, -0.2) is 0 Å². The summed E-state index contributed by atoms with van der Waals surface area (Å²) in [6, 6.07) is 5.67. The smallest absolute Gasteiger partial charge is 0.257 e. The zero-order valence-corrected chi connectivity index (χ0v) is 11.2. The molecule has 2 aromatic rings. The molecule has 3 heterocycles. The quantitative estimate of drug-likeness (QED) is 0.896. The number of likely N-dealkylation sites (tertiary alicyclic amines) is 1. The minimum Gasteiger partial charge on any atom is -0.325 e. The van der Waals surface area contributed by atoms with Crippen LogP contribution < -0.4 is 5.56 Å². The third-order valence-electron chi connectivity index (χ3n) is 4.11. The molecule has 0 atom stereocenters. The summed E-state index contributed by atoms with van der Waals surface area (Å²) in [5.41, 5.74) is 1.84. The van der Waals surface area contributed by atoms with Gasteiger partial charge in [0.1, 0.15) is 0 Å². The fourth-order valence-corrected chi connectivity index (χ4v) is 2.89. The van der Waals surface area contributed by atoms with Crippen molar-refractivity contribution in [2.75, 3.05) is 19.6 Å². The van der Waals surface area contributed by atoms with Crippen LogP contribution in [0.2, 0.25) is 0 Å². The summed E-state index contributed by atoms with van der Waals surface area (Å²) in [5.74, 6) is 0.460. The average molecular weight is 257 g/mol. The van der Waals surface area contributed by atoms with Crippen molar-refractivity contribution in [1.82, 2.24) is 14.9 Å². The van der Waals surface area contributed by atoms with E-state index in [4.69, 9.17) is 0 Å². The number of H-pyrrole nitrogens is 1. The molecule has 0 aliphatic carbocycles. The number of nitrogens with one attached hydrogen (secondary N) is 1. The van der Waals surface area contributed by atoms with Crippen LogP contribution in [0.3, 0.4) is 0 Å². The first-order chi connectivity index (χ1) is 9.28. The number of piperidine rings is 1. The van der Waals surface area contributed by atoms with Crippen molar-refractivity contribution >= 4 is 10.9 Å². The molecule has 3 rings (SSSR count). The average Bonchev–Trinajstić information content (AvgIpc) is 2.47. The molecule has 0 aromatic carbocycles. The molecule has 100 valence electrons. The Labute approximate surface area is 112 Å². The van der Waals surface area contributed by atoms with Crippen LogP contribution in [0, 0.1) is 0 Å². The lowest BCUT2D eigenvalue weighted by molar-refractivity contribution is 0.221. The molecule has 0 saturated carbocycles. The molecule has 1 aliphatic heterocycles. The van der Waals surface area contributed by atoms with E-state index in [0.717, 1.165) is 43.7 Å². The highest BCUT2D eigenvalue weighted by Crippen LogP contribution is 2.26. The Morgan fingerprint density at radius 2 is 2.21 bits per heavy atom. The molecule has 0 spiro atoms. The van der Waals surface area contributed by atoms with Gasteiger partial charge in [-0.2, -0.15) is 0 Å². The Morgan fingerprint density at radius 1 is 1.42 bits per heavy atom. The van der Waals surface area contributed by atoms with Crippen molar-refractivity contribution in [2.24, 2.45) is 0 Å². The molecule has 0 radical (unpaired) electrons. The van der Waals surface area contributed by atoms with Crippen molar-refractivity contribution in [2.45, 2.75) is 25.7 Å². The molecule has 4 heteroatoms. The van der Waals surface area contributed by atoms with Gasteiger partial charge in [0.2, 0.25) is 0 Å². The van der Waals surface area contributed by atoms with Crippen LogP contribution in [0.15, 0.2) is 29.2 Å². The summed E-state index contributed by atoms with van der Waals surface area (Å²) in [6.45, 7) is 5.54. The maximum atomic E-state index is 12.1. The number of fused-ring (bicyclic) bond motifs is 1. The van der Waals surface area contributed by atoms with Crippen LogP contribution in [0.25, 0.3) is 10.9 Å². The zero-order valence-electron chi connectivity index (χ0n) is 11.2.